The Labute approximate surface area is 165 Å². The van der Waals surface area contributed by atoms with Gasteiger partial charge in [0.25, 0.3) is 5.91 Å². The zero-order valence-electron chi connectivity index (χ0n) is 16.2. The van der Waals surface area contributed by atoms with Crippen molar-refractivity contribution in [3.8, 4) is 5.75 Å². The highest BCUT2D eigenvalue weighted by molar-refractivity contribution is 5.93. The highest BCUT2D eigenvalue weighted by Gasteiger charge is 2.34. The molecule has 0 saturated heterocycles. The Kier molecular flexibility index (Phi) is 5.42. The first-order valence-corrected chi connectivity index (χ1v) is 9.03. The summed E-state index contributed by atoms with van der Waals surface area (Å²) in [5.41, 5.74) is 5.46. The van der Waals surface area contributed by atoms with Gasteiger partial charge in [-0.2, -0.15) is 18.2 Å². The molecule has 8 nitrogen and oxygen atoms in total. The molecule has 1 amide bonds. The lowest BCUT2D eigenvalue weighted by Crippen LogP contribution is -2.37. The van der Waals surface area contributed by atoms with Crippen LogP contribution in [0.1, 0.15) is 67.4 Å². The number of aromatic nitrogens is 3. The van der Waals surface area contributed by atoms with E-state index < -0.39 is 30.1 Å². The number of ether oxygens (including phenoxy) is 1. The molecule has 1 aliphatic rings. The number of hydrogen-bond acceptors (Lipinski definition) is 7. The monoisotopic (exact) mass is 413 g/mol. The molecule has 1 aliphatic carbocycles. The van der Waals surface area contributed by atoms with Gasteiger partial charge in [-0.3, -0.25) is 9.78 Å². The molecular weight excluding hydrogens is 391 g/mol. The van der Waals surface area contributed by atoms with Gasteiger partial charge in [0.15, 0.2) is 12.4 Å². The van der Waals surface area contributed by atoms with Gasteiger partial charge in [-0.25, -0.2) is 0 Å². The lowest BCUT2D eigenvalue weighted by Gasteiger charge is -2.28. The molecule has 158 valence electrons. The second-order valence-electron chi connectivity index (χ2n) is 8.05. The average molecular weight is 413 g/mol. The second-order valence-corrected chi connectivity index (χ2v) is 8.05. The fourth-order valence-electron chi connectivity index (χ4n) is 2.80. The van der Waals surface area contributed by atoms with Gasteiger partial charge in [-0.05, 0) is 24.2 Å². The second kappa shape index (κ2) is 7.53. The van der Waals surface area contributed by atoms with E-state index in [1.807, 2.05) is 20.8 Å². The average Bonchev–Trinajstić information content (AvgIpc) is 3.37. The van der Waals surface area contributed by atoms with Gasteiger partial charge in [0, 0.05) is 17.8 Å². The van der Waals surface area contributed by atoms with Crippen molar-refractivity contribution >= 4 is 11.9 Å². The number of halogens is 3. The summed E-state index contributed by atoms with van der Waals surface area (Å²) in [7, 11) is 0. The highest BCUT2D eigenvalue weighted by Crippen LogP contribution is 2.44. The minimum atomic E-state index is -4.48. The quantitative estimate of drug-likeness (QED) is 0.746. The van der Waals surface area contributed by atoms with Gasteiger partial charge in [0.1, 0.15) is 11.4 Å². The third kappa shape index (κ3) is 5.36. The molecule has 0 bridgehead atoms. The van der Waals surface area contributed by atoms with Crippen molar-refractivity contribution in [2.45, 2.75) is 51.7 Å². The van der Waals surface area contributed by atoms with Gasteiger partial charge in [0.2, 0.25) is 0 Å². The third-order valence-electron chi connectivity index (χ3n) is 4.39. The molecule has 3 N–H and O–H groups in total. The van der Waals surface area contributed by atoms with Gasteiger partial charge in [0.05, 0.1) is 6.04 Å². The maximum absolute atomic E-state index is 12.8. The number of nitrogens with zero attached hydrogens (tertiary/aromatic N) is 3. The highest BCUT2D eigenvalue weighted by atomic mass is 19.4. The van der Waals surface area contributed by atoms with Gasteiger partial charge >= 0.3 is 12.2 Å². The van der Waals surface area contributed by atoms with Crippen LogP contribution in [-0.4, -0.2) is 33.8 Å². The van der Waals surface area contributed by atoms with Crippen LogP contribution in [0.2, 0.25) is 0 Å². The standard InChI is InChI=1S/C18H22F3N5O3/c1-17(2,3)13(14-25-16(22)29-26-14)24-15(27)11-6-12(28-8-18(19,20)21)10(7-23-11)9-4-5-9/h6-7,9,13H,4-5,8H2,1-3H3,(H,24,27)(H2,22,25,26)/t13-/m0/s1. The molecule has 0 radical (unpaired) electrons. The molecule has 0 spiro atoms. The lowest BCUT2D eigenvalue weighted by molar-refractivity contribution is -0.153. The van der Waals surface area contributed by atoms with E-state index >= 15 is 0 Å². The topological polar surface area (TPSA) is 116 Å². The summed E-state index contributed by atoms with van der Waals surface area (Å²) in [6.45, 7) is 4.12. The molecule has 11 heteroatoms. The first kappa shape index (κ1) is 20.9. The van der Waals surface area contributed by atoms with Crippen LogP contribution in [0.3, 0.4) is 0 Å². The number of carbonyl (C=O) groups excluding carboxylic acids is 1. The van der Waals surface area contributed by atoms with Crippen LogP contribution in [-0.2, 0) is 0 Å². The fraction of sp³-hybridized carbons (Fsp3) is 0.556. The van der Waals surface area contributed by atoms with Crippen LogP contribution in [0.25, 0.3) is 0 Å². The lowest BCUT2D eigenvalue weighted by atomic mass is 9.86. The van der Waals surface area contributed by atoms with Crippen LogP contribution in [0, 0.1) is 5.41 Å². The van der Waals surface area contributed by atoms with E-state index in [2.05, 4.69) is 20.4 Å². The number of alkyl halides is 3. The number of nitrogen functional groups attached to an aromatic ring is 1. The maximum Gasteiger partial charge on any atom is 0.422 e. The Morgan fingerprint density at radius 1 is 1.38 bits per heavy atom. The number of carbonyl (C=O) groups is 1. The minimum Gasteiger partial charge on any atom is -0.484 e. The summed E-state index contributed by atoms with van der Waals surface area (Å²) >= 11 is 0. The van der Waals surface area contributed by atoms with Gasteiger partial charge in [-0.15, -0.1) is 0 Å². The SMILES string of the molecule is CC(C)(C)[C@@H](NC(=O)c1cc(OCC(F)(F)F)c(C2CC2)cn1)c1noc(N)n1. The number of nitrogens with one attached hydrogen (secondary N) is 1. The van der Waals surface area contributed by atoms with E-state index in [-0.39, 0.29) is 29.2 Å². The molecule has 0 aliphatic heterocycles. The van der Waals surface area contributed by atoms with Crippen molar-refractivity contribution < 1.29 is 27.2 Å². The van der Waals surface area contributed by atoms with Crippen LogP contribution < -0.4 is 15.8 Å². The largest absolute Gasteiger partial charge is 0.484 e. The molecule has 0 aromatic carbocycles. The van der Waals surface area contributed by atoms with Crippen molar-refractivity contribution in [2.75, 3.05) is 12.3 Å². The molecule has 29 heavy (non-hydrogen) atoms. The number of anilines is 1. The zero-order valence-corrected chi connectivity index (χ0v) is 16.2. The molecule has 1 saturated carbocycles. The van der Waals surface area contributed by atoms with Crippen LogP contribution in [0.15, 0.2) is 16.8 Å². The van der Waals surface area contributed by atoms with Crippen LogP contribution in [0.5, 0.6) is 5.75 Å². The molecule has 2 heterocycles. The van der Waals surface area contributed by atoms with Crippen LogP contribution >= 0.6 is 0 Å². The van der Waals surface area contributed by atoms with Crippen molar-refractivity contribution in [3.63, 3.8) is 0 Å². The van der Waals surface area contributed by atoms with Crippen molar-refractivity contribution in [3.05, 3.63) is 29.3 Å². The molecule has 1 atom stereocenters. The summed E-state index contributed by atoms with van der Waals surface area (Å²) < 4.78 is 47.5. The van der Waals surface area contributed by atoms with Crippen molar-refractivity contribution in [1.82, 2.24) is 20.4 Å². The molecule has 0 unspecified atom stereocenters. The molecule has 2 aromatic rings. The molecule has 3 rings (SSSR count). The minimum absolute atomic E-state index is 0.0149. The Morgan fingerprint density at radius 2 is 2.07 bits per heavy atom. The van der Waals surface area contributed by atoms with E-state index in [1.165, 1.54) is 12.3 Å². The Morgan fingerprint density at radius 3 is 2.59 bits per heavy atom. The summed E-state index contributed by atoms with van der Waals surface area (Å²) in [6.07, 6.45) is -1.39. The molecular formula is C18H22F3N5O3. The number of hydrogen-bond donors (Lipinski definition) is 2. The maximum atomic E-state index is 12.8. The predicted octanol–water partition coefficient (Wildman–Crippen LogP) is 3.38. The number of amides is 1. The summed E-state index contributed by atoms with van der Waals surface area (Å²) in [6, 6.07) is 0.428. The summed E-state index contributed by atoms with van der Waals surface area (Å²) in [5, 5.41) is 6.50. The Hall–Kier alpha value is -2.85. The fourth-order valence-corrected chi connectivity index (χ4v) is 2.80. The van der Waals surface area contributed by atoms with E-state index in [9.17, 15) is 18.0 Å². The first-order valence-electron chi connectivity index (χ1n) is 9.03. The predicted molar refractivity (Wildman–Crippen MR) is 96.1 cm³/mol. The van der Waals surface area contributed by atoms with Crippen molar-refractivity contribution in [2.24, 2.45) is 5.41 Å². The van der Waals surface area contributed by atoms with Gasteiger partial charge in [-0.1, -0.05) is 25.9 Å². The van der Waals surface area contributed by atoms with Crippen LogP contribution in [0.4, 0.5) is 19.2 Å². The van der Waals surface area contributed by atoms with Crippen molar-refractivity contribution in [1.29, 1.82) is 0 Å². The Balaban J connectivity index is 1.83. The Bertz CT molecular complexity index is 888. The number of nitrogens with two attached hydrogens (primary N) is 1. The van der Waals surface area contributed by atoms with E-state index in [0.29, 0.717) is 5.56 Å². The van der Waals surface area contributed by atoms with E-state index in [4.69, 9.17) is 15.0 Å². The number of pyridine rings is 1. The molecule has 2 aromatic heterocycles. The zero-order chi connectivity index (χ0) is 21.4. The van der Waals surface area contributed by atoms with Gasteiger partial charge < -0.3 is 20.3 Å². The smallest absolute Gasteiger partial charge is 0.422 e. The third-order valence-corrected chi connectivity index (χ3v) is 4.39. The number of rotatable bonds is 6. The molecule has 1 fully saturated rings. The van der Waals surface area contributed by atoms with E-state index in [0.717, 1.165) is 12.8 Å². The summed E-state index contributed by atoms with van der Waals surface area (Å²) in [5.74, 6) is -0.299. The van der Waals surface area contributed by atoms with E-state index in [1.54, 1.807) is 0 Å². The first-order chi connectivity index (χ1) is 13.4. The normalized spacial score (nSPS) is 15.8. The summed E-state index contributed by atoms with van der Waals surface area (Å²) in [4.78, 5) is 20.8.